The van der Waals surface area contributed by atoms with Crippen LogP contribution in [-0.4, -0.2) is 51.5 Å². The Morgan fingerprint density at radius 3 is 2.72 bits per heavy atom. The lowest BCUT2D eigenvalue weighted by atomic mass is 9.98. The Kier molecular flexibility index (Phi) is 5.11. The number of carbonyl (C=O) groups excluding carboxylic acids is 2. The highest BCUT2D eigenvalue weighted by Crippen LogP contribution is 2.20. The number of esters is 1. The van der Waals surface area contributed by atoms with Crippen molar-refractivity contribution in [2.45, 2.75) is 26.7 Å². The minimum atomic E-state index is -0.262. The Hall–Kier alpha value is -2.70. The number of carbonyl (C=O) groups is 2. The van der Waals surface area contributed by atoms with Crippen molar-refractivity contribution in [2.75, 3.05) is 19.7 Å². The van der Waals surface area contributed by atoms with Crippen molar-refractivity contribution in [1.29, 1.82) is 0 Å². The van der Waals surface area contributed by atoms with Crippen molar-refractivity contribution in [3.8, 4) is 5.69 Å². The van der Waals surface area contributed by atoms with Crippen LogP contribution in [0.15, 0.2) is 30.3 Å². The number of rotatable bonds is 4. The minimum absolute atomic E-state index is 0.186. The average molecular weight is 342 g/mol. The number of aromatic nitrogens is 3. The Morgan fingerprint density at radius 1 is 1.24 bits per heavy atom. The highest BCUT2D eigenvalue weighted by Gasteiger charge is 2.31. The number of likely N-dealkylation sites (tertiary alicyclic amines) is 1. The average Bonchev–Trinajstić information content (AvgIpc) is 3.04. The van der Waals surface area contributed by atoms with Crippen molar-refractivity contribution < 1.29 is 14.3 Å². The van der Waals surface area contributed by atoms with E-state index < -0.39 is 0 Å². The second kappa shape index (κ2) is 7.46. The largest absolute Gasteiger partial charge is 0.466 e. The minimum Gasteiger partial charge on any atom is -0.466 e. The molecule has 1 aromatic heterocycles. The van der Waals surface area contributed by atoms with E-state index in [1.54, 1.807) is 18.7 Å². The first-order chi connectivity index (χ1) is 12.1. The Bertz CT molecular complexity index is 757. The van der Waals surface area contributed by atoms with E-state index in [1.807, 2.05) is 30.3 Å². The van der Waals surface area contributed by atoms with Crippen LogP contribution in [0.4, 0.5) is 0 Å². The van der Waals surface area contributed by atoms with Crippen LogP contribution in [-0.2, 0) is 9.53 Å². The van der Waals surface area contributed by atoms with Gasteiger partial charge in [-0.05, 0) is 38.8 Å². The zero-order valence-electron chi connectivity index (χ0n) is 14.5. The molecular weight excluding hydrogens is 320 g/mol. The molecule has 0 aliphatic carbocycles. The standard InChI is InChI=1S/C18H22N4O3/c1-3-25-18(24)14-8-7-11-21(12-14)17(23)16-13(2)19-22(20-16)15-9-5-4-6-10-15/h4-6,9-10,14H,3,7-8,11-12H2,1-2H3. The fourth-order valence-electron chi connectivity index (χ4n) is 3.02. The zero-order chi connectivity index (χ0) is 17.8. The predicted molar refractivity (Wildman–Crippen MR) is 91.4 cm³/mol. The molecular formula is C18H22N4O3. The molecule has 3 rings (SSSR count). The highest BCUT2D eigenvalue weighted by atomic mass is 16.5. The van der Waals surface area contributed by atoms with Crippen molar-refractivity contribution in [1.82, 2.24) is 19.9 Å². The maximum Gasteiger partial charge on any atom is 0.310 e. The molecule has 1 aliphatic rings. The number of nitrogens with zero attached hydrogens (tertiary/aromatic N) is 4. The molecule has 0 radical (unpaired) electrons. The van der Waals surface area contributed by atoms with Gasteiger partial charge in [0, 0.05) is 13.1 Å². The summed E-state index contributed by atoms with van der Waals surface area (Å²) in [6, 6.07) is 9.46. The van der Waals surface area contributed by atoms with Gasteiger partial charge in [0.2, 0.25) is 0 Å². The number of benzene rings is 1. The smallest absolute Gasteiger partial charge is 0.310 e. The zero-order valence-corrected chi connectivity index (χ0v) is 14.5. The fraction of sp³-hybridized carbons (Fsp3) is 0.444. The van der Waals surface area contributed by atoms with Gasteiger partial charge in [0.15, 0.2) is 5.69 Å². The number of piperidine rings is 1. The van der Waals surface area contributed by atoms with Gasteiger partial charge < -0.3 is 9.64 Å². The van der Waals surface area contributed by atoms with E-state index >= 15 is 0 Å². The second-order valence-electron chi connectivity index (χ2n) is 6.10. The molecule has 1 aromatic carbocycles. The molecule has 1 atom stereocenters. The molecule has 0 spiro atoms. The molecule has 1 unspecified atom stereocenters. The van der Waals surface area contributed by atoms with Gasteiger partial charge in [-0.25, -0.2) is 0 Å². The first kappa shape index (κ1) is 17.1. The van der Waals surface area contributed by atoms with Crippen LogP contribution < -0.4 is 0 Å². The summed E-state index contributed by atoms with van der Waals surface area (Å²) >= 11 is 0. The first-order valence-electron chi connectivity index (χ1n) is 8.55. The summed E-state index contributed by atoms with van der Waals surface area (Å²) in [6.45, 7) is 4.90. The lowest BCUT2D eigenvalue weighted by Crippen LogP contribution is -2.43. The molecule has 7 heteroatoms. The maximum absolute atomic E-state index is 12.8. The third kappa shape index (κ3) is 3.70. The number of hydrogen-bond donors (Lipinski definition) is 0. The van der Waals surface area contributed by atoms with E-state index in [-0.39, 0.29) is 17.8 Å². The van der Waals surface area contributed by atoms with E-state index in [4.69, 9.17) is 4.74 Å². The molecule has 2 heterocycles. The molecule has 7 nitrogen and oxygen atoms in total. The molecule has 1 amide bonds. The van der Waals surface area contributed by atoms with Gasteiger partial charge >= 0.3 is 5.97 Å². The second-order valence-corrected chi connectivity index (χ2v) is 6.10. The molecule has 25 heavy (non-hydrogen) atoms. The normalized spacial score (nSPS) is 17.4. The summed E-state index contributed by atoms with van der Waals surface area (Å²) < 4.78 is 5.09. The summed E-state index contributed by atoms with van der Waals surface area (Å²) in [4.78, 5) is 28.0. The quantitative estimate of drug-likeness (QED) is 0.794. The van der Waals surface area contributed by atoms with E-state index in [1.165, 1.54) is 4.80 Å². The molecule has 132 valence electrons. The van der Waals surface area contributed by atoms with E-state index in [2.05, 4.69) is 10.2 Å². The van der Waals surface area contributed by atoms with Gasteiger partial charge in [0.05, 0.1) is 23.9 Å². The van der Waals surface area contributed by atoms with Gasteiger partial charge in [0.25, 0.3) is 5.91 Å². The summed E-state index contributed by atoms with van der Waals surface area (Å²) in [5.41, 5.74) is 1.70. The van der Waals surface area contributed by atoms with Crippen molar-refractivity contribution in [2.24, 2.45) is 5.92 Å². The predicted octanol–water partition coefficient (Wildman–Crippen LogP) is 1.99. The Labute approximate surface area is 146 Å². The number of amides is 1. The fourth-order valence-corrected chi connectivity index (χ4v) is 3.02. The van der Waals surface area contributed by atoms with Crippen LogP contribution in [0.5, 0.6) is 0 Å². The van der Waals surface area contributed by atoms with Gasteiger partial charge in [-0.15, -0.1) is 5.10 Å². The molecule has 0 bridgehead atoms. The monoisotopic (exact) mass is 342 g/mol. The molecule has 1 fully saturated rings. The topological polar surface area (TPSA) is 77.3 Å². The van der Waals surface area contributed by atoms with E-state index in [0.29, 0.717) is 31.1 Å². The highest BCUT2D eigenvalue weighted by molar-refractivity contribution is 5.93. The number of para-hydroxylation sites is 1. The third-order valence-corrected chi connectivity index (χ3v) is 4.30. The van der Waals surface area contributed by atoms with Crippen LogP contribution >= 0.6 is 0 Å². The molecule has 0 N–H and O–H groups in total. The van der Waals surface area contributed by atoms with Crippen LogP contribution in [0.2, 0.25) is 0 Å². The summed E-state index contributed by atoms with van der Waals surface area (Å²) in [5.74, 6) is -0.680. The van der Waals surface area contributed by atoms with Crippen LogP contribution in [0.25, 0.3) is 5.69 Å². The molecule has 0 saturated carbocycles. The Morgan fingerprint density at radius 2 is 2.00 bits per heavy atom. The van der Waals surface area contributed by atoms with E-state index in [9.17, 15) is 9.59 Å². The summed E-state index contributed by atoms with van der Waals surface area (Å²) in [6.07, 6.45) is 1.53. The van der Waals surface area contributed by atoms with Crippen LogP contribution in [0, 0.1) is 12.8 Å². The van der Waals surface area contributed by atoms with Gasteiger partial charge in [-0.2, -0.15) is 9.90 Å². The maximum atomic E-state index is 12.8. The van der Waals surface area contributed by atoms with Gasteiger partial charge in [-0.1, -0.05) is 18.2 Å². The summed E-state index contributed by atoms with van der Waals surface area (Å²) in [5, 5.41) is 8.71. The van der Waals surface area contributed by atoms with Crippen LogP contribution in [0.1, 0.15) is 35.9 Å². The van der Waals surface area contributed by atoms with Crippen molar-refractivity contribution >= 4 is 11.9 Å². The van der Waals surface area contributed by atoms with Gasteiger partial charge in [0.1, 0.15) is 0 Å². The van der Waals surface area contributed by atoms with Crippen molar-refractivity contribution in [3.05, 3.63) is 41.7 Å². The summed E-state index contributed by atoms with van der Waals surface area (Å²) in [7, 11) is 0. The van der Waals surface area contributed by atoms with E-state index in [0.717, 1.165) is 18.5 Å². The molecule has 1 saturated heterocycles. The first-order valence-corrected chi connectivity index (χ1v) is 8.55. The lowest BCUT2D eigenvalue weighted by Gasteiger charge is -2.31. The number of hydrogen-bond acceptors (Lipinski definition) is 5. The van der Waals surface area contributed by atoms with Gasteiger partial charge in [-0.3, -0.25) is 9.59 Å². The Balaban J connectivity index is 1.77. The van der Waals surface area contributed by atoms with Crippen molar-refractivity contribution in [3.63, 3.8) is 0 Å². The molecule has 1 aliphatic heterocycles. The number of ether oxygens (including phenoxy) is 1. The SMILES string of the molecule is CCOC(=O)C1CCCN(C(=O)c2nn(-c3ccccc3)nc2C)C1. The third-order valence-electron chi connectivity index (χ3n) is 4.30. The lowest BCUT2D eigenvalue weighted by molar-refractivity contribution is -0.149. The molecule has 2 aromatic rings. The number of aryl methyl sites for hydroxylation is 1. The van der Waals surface area contributed by atoms with Crippen LogP contribution in [0.3, 0.4) is 0 Å².